The van der Waals surface area contributed by atoms with Gasteiger partial charge in [-0.15, -0.1) is 0 Å². The van der Waals surface area contributed by atoms with Crippen LogP contribution in [0.1, 0.15) is 5.56 Å². The van der Waals surface area contributed by atoms with Crippen LogP contribution in [0.15, 0.2) is 30.3 Å². The lowest BCUT2D eigenvalue weighted by atomic mass is 10.1. The van der Waals surface area contributed by atoms with Crippen LogP contribution in [0.5, 0.6) is 0 Å². The Morgan fingerprint density at radius 3 is 2.55 bits per heavy atom. The topological polar surface area (TPSA) is 29.5 Å². The fraction of sp³-hybridized carbons (Fsp3) is 0.333. The number of aliphatic hydroxyl groups excluding tert-OH is 1. The molecule has 1 atom stereocenters. The Morgan fingerprint density at radius 2 is 2.00 bits per heavy atom. The zero-order valence-corrected chi connectivity index (χ0v) is 6.53. The summed E-state index contributed by atoms with van der Waals surface area (Å²) in [6.07, 6.45) is -0.130. The molecule has 0 saturated carbocycles. The van der Waals surface area contributed by atoms with Crippen LogP contribution in [0, 0.1) is 0 Å². The lowest BCUT2D eigenvalue weighted by Crippen LogP contribution is -2.11. The van der Waals surface area contributed by atoms with Crippen LogP contribution in [-0.4, -0.2) is 18.5 Å². The summed E-state index contributed by atoms with van der Waals surface area (Å²) >= 11 is 0. The molecule has 0 spiro atoms. The SMILES string of the molecule is COC(O)Cc1ccccc1. The summed E-state index contributed by atoms with van der Waals surface area (Å²) in [7, 11) is 1.49. The maximum atomic E-state index is 9.09. The van der Waals surface area contributed by atoms with Gasteiger partial charge in [0.2, 0.25) is 0 Å². The number of ether oxygens (including phenoxy) is 1. The van der Waals surface area contributed by atoms with E-state index in [0.717, 1.165) is 5.56 Å². The molecule has 60 valence electrons. The van der Waals surface area contributed by atoms with Crippen LogP contribution >= 0.6 is 0 Å². The van der Waals surface area contributed by atoms with E-state index in [1.165, 1.54) is 7.11 Å². The summed E-state index contributed by atoms with van der Waals surface area (Å²) in [6, 6.07) is 9.75. The highest BCUT2D eigenvalue weighted by Gasteiger charge is 2.00. The largest absolute Gasteiger partial charge is 0.368 e. The van der Waals surface area contributed by atoms with E-state index in [2.05, 4.69) is 0 Å². The summed E-state index contributed by atoms with van der Waals surface area (Å²) < 4.78 is 4.71. The molecular formula is C9H12O2. The van der Waals surface area contributed by atoms with Crippen LogP contribution in [0.4, 0.5) is 0 Å². The number of hydrogen-bond donors (Lipinski definition) is 1. The Morgan fingerprint density at radius 1 is 1.36 bits per heavy atom. The number of hydrogen-bond acceptors (Lipinski definition) is 2. The highest BCUT2D eigenvalue weighted by molar-refractivity contribution is 5.14. The maximum absolute atomic E-state index is 9.09. The zero-order chi connectivity index (χ0) is 8.10. The van der Waals surface area contributed by atoms with Crippen molar-refractivity contribution in [3.63, 3.8) is 0 Å². The first-order valence-electron chi connectivity index (χ1n) is 3.57. The van der Waals surface area contributed by atoms with Crippen LogP contribution in [0.25, 0.3) is 0 Å². The monoisotopic (exact) mass is 152 g/mol. The molecule has 1 rings (SSSR count). The van der Waals surface area contributed by atoms with Gasteiger partial charge in [-0.3, -0.25) is 0 Å². The molecular weight excluding hydrogens is 140 g/mol. The smallest absolute Gasteiger partial charge is 0.158 e. The first kappa shape index (κ1) is 8.24. The van der Waals surface area contributed by atoms with Gasteiger partial charge in [-0.25, -0.2) is 0 Å². The highest BCUT2D eigenvalue weighted by Crippen LogP contribution is 2.02. The predicted octanol–water partition coefficient (Wildman–Crippen LogP) is 1.19. The van der Waals surface area contributed by atoms with Gasteiger partial charge >= 0.3 is 0 Å². The Kier molecular flexibility index (Phi) is 3.08. The van der Waals surface area contributed by atoms with E-state index in [4.69, 9.17) is 9.84 Å². The second kappa shape index (κ2) is 4.11. The molecule has 0 fully saturated rings. The molecule has 0 heterocycles. The molecule has 0 radical (unpaired) electrons. The third-order valence-electron chi connectivity index (χ3n) is 1.53. The van der Waals surface area contributed by atoms with Crippen molar-refractivity contribution in [1.82, 2.24) is 0 Å². The Labute approximate surface area is 66.4 Å². The van der Waals surface area contributed by atoms with Gasteiger partial charge in [0.05, 0.1) is 0 Å². The lowest BCUT2D eigenvalue weighted by Gasteiger charge is -2.06. The minimum atomic E-state index is -0.683. The number of benzene rings is 1. The van der Waals surface area contributed by atoms with Gasteiger partial charge in [-0.05, 0) is 5.56 Å². The average molecular weight is 152 g/mol. The lowest BCUT2D eigenvalue weighted by molar-refractivity contribution is -0.0720. The molecule has 1 aromatic rings. The second-order valence-corrected chi connectivity index (χ2v) is 2.38. The van der Waals surface area contributed by atoms with Gasteiger partial charge < -0.3 is 9.84 Å². The minimum Gasteiger partial charge on any atom is -0.368 e. The Hall–Kier alpha value is -0.860. The second-order valence-electron chi connectivity index (χ2n) is 2.38. The van der Waals surface area contributed by atoms with Crippen molar-refractivity contribution < 1.29 is 9.84 Å². The molecule has 0 amide bonds. The molecule has 0 aliphatic rings. The molecule has 0 aliphatic heterocycles. The molecule has 0 bridgehead atoms. The van der Waals surface area contributed by atoms with Crippen molar-refractivity contribution >= 4 is 0 Å². The summed E-state index contributed by atoms with van der Waals surface area (Å²) in [5, 5.41) is 9.09. The van der Waals surface area contributed by atoms with E-state index in [1.54, 1.807) is 0 Å². The van der Waals surface area contributed by atoms with Gasteiger partial charge in [-0.2, -0.15) is 0 Å². The highest BCUT2D eigenvalue weighted by atomic mass is 16.6. The van der Waals surface area contributed by atoms with Crippen molar-refractivity contribution in [1.29, 1.82) is 0 Å². The van der Waals surface area contributed by atoms with Crippen molar-refractivity contribution in [3.8, 4) is 0 Å². The fourth-order valence-corrected chi connectivity index (χ4v) is 0.899. The third-order valence-corrected chi connectivity index (χ3v) is 1.53. The molecule has 2 nitrogen and oxygen atoms in total. The summed E-state index contributed by atoms with van der Waals surface area (Å²) in [6.45, 7) is 0. The first-order valence-corrected chi connectivity index (χ1v) is 3.57. The molecule has 1 unspecified atom stereocenters. The standard InChI is InChI=1S/C9H12O2/c1-11-9(10)7-8-5-3-2-4-6-8/h2-6,9-10H,7H2,1H3. The summed E-state index contributed by atoms with van der Waals surface area (Å²) in [5.41, 5.74) is 1.09. The maximum Gasteiger partial charge on any atom is 0.158 e. The van der Waals surface area contributed by atoms with Crippen molar-refractivity contribution in [2.24, 2.45) is 0 Å². The fourth-order valence-electron chi connectivity index (χ4n) is 0.899. The third kappa shape index (κ3) is 2.70. The van der Waals surface area contributed by atoms with Crippen LogP contribution in [0.2, 0.25) is 0 Å². The molecule has 1 N–H and O–H groups in total. The van der Waals surface area contributed by atoms with Gasteiger partial charge in [0, 0.05) is 13.5 Å². The van der Waals surface area contributed by atoms with E-state index in [-0.39, 0.29) is 0 Å². The van der Waals surface area contributed by atoms with Crippen molar-refractivity contribution in [2.45, 2.75) is 12.7 Å². The number of rotatable bonds is 3. The van der Waals surface area contributed by atoms with Crippen molar-refractivity contribution in [2.75, 3.05) is 7.11 Å². The average Bonchev–Trinajstić information content (AvgIpc) is 2.06. The number of methoxy groups -OCH3 is 1. The van der Waals surface area contributed by atoms with Crippen molar-refractivity contribution in [3.05, 3.63) is 35.9 Å². The normalized spacial score (nSPS) is 12.9. The molecule has 2 heteroatoms. The van der Waals surface area contributed by atoms with E-state index >= 15 is 0 Å². The Balaban J connectivity index is 2.51. The quantitative estimate of drug-likeness (QED) is 0.659. The molecule has 1 aromatic carbocycles. The van der Waals surface area contributed by atoms with Gasteiger partial charge in [0.25, 0.3) is 0 Å². The Bertz CT molecular complexity index is 196. The zero-order valence-electron chi connectivity index (χ0n) is 6.53. The van der Waals surface area contributed by atoms with Crippen LogP contribution in [0.3, 0.4) is 0 Å². The number of aliphatic hydroxyl groups is 1. The van der Waals surface area contributed by atoms with E-state index < -0.39 is 6.29 Å². The molecule has 0 aromatic heterocycles. The summed E-state index contributed by atoms with van der Waals surface area (Å²) in [4.78, 5) is 0. The van der Waals surface area contributed by atoms with Gasteiger partial charge in [0.1, 0.15) is 0 Å². The molecule has 11 heavy (non-hydrogen) atoms. The molecule has 0 aliphatic carbocycles. The van der Waals surface area contributed by atoms with Crippen LogP contribution in [-0.2, 0) is 11.2 Å². The van der Waals surface area contributed by atoms with E-state index in [9.17, 15) is 0 Å². The minimum absolute atomic E-state index is 0.553. The first-order chi connectivity index (χ1) is 5.33. The van der Waals surface area contributed by atoms with E-state index in [0.29, 0.717) is 6.42 Å². The summed E-state index contributed by atoms with van der Waals surface area (Å²) in [5.74, 6) is 0. The van der Waals surface area contributed by atoms with Crippen LogP contribution < -0.4 is 0 Å². The molecule has 0 saturated heterocycles. The van der Waals surface area contributed by atoms with Gasteiger partial charge in [-0.1, -0.05) is 30.3 Å². The van der Waals surface area contributed by atoms with Gasteiger partial charge in [0.15, 0.2) is 6.29 Å². The predicted molar refractivity (Wildman–Crippen MR) is 43.2 cm³/mol. The van der Waals surface area contributed by atoms with E-state index in [1.807, 2.05) is 30.3 Å².